The SMILES string of the molecule is O=C(O)c1nccnc1NC(CO)Cc1ccccc1. The maximum absolute atomic E-state index is 11.0. The number of rotatable bonds is 6. The molecule has 0 amide bonds. The van der Waals surface area contributed by atoms with E-state index in [1.807, 2.05) is 30.3 Å². The number of aromatic nitrogens is 2. The zero-order valence-corrected chi connectivity index (χ0v) is 10.7. The molecule has 104 valence electrons. The highest BCUT2D eigenvalue weighted by Gasteiger charge is 2.16. The zero-order valence-electron chi connectivity index (χ0n) is 10.7. The number of aliphatic hydroxyl groups is 1. The van der Waals surface area contributed by atoms with Gasteiger partial charge in [-0.25, -0.2) is 14.8 Å². The van der Waals surface area contributed by atoms with Crippen molar-refractivity contribution in [2.45, 2.75) is 12.5 Å². The highest BCUT2D eigenvalue weighted by atomic mass is 16.4. The van der Waals surface area contributed by atoms with Crippen LogP contribution in [0.25, 0.3) is 0 Å². The maximum Gasteiger partial charge on any atom is 0.358 e. The standard InChI is InChI=1S/C14H15N3O3/c18-9-11(8-10-4-2-1-3-5-10)17-13-12(14(19)20)15-6-7-16-13/h1-7,11,18H,8-9H2,(H,16,17)(H,19,20). The van der Waals surface area contributed by atoms with E-state index in [2.05, 4.69) is 15.3 Å². The van der Waals surface area contributed by atoms with Gasteiger partial charge in [0.2, 0.25) is 0 Å². The third-order valence-electron chi connectivity index (χ3n) is 2.79. The summed E-state index contributed by atoms with van der Waals surface area (Å²) in [5, 5.41) is 21.4. The Hall–Kier alpha value is -2.47. The summed E-state index contributed by atoms with van der Waals surface area (Å²) in [4.78, 5) is 18.8. The van der Waals surface area contributed by atoms with E-state index in [9.17, 15) is 9.90 Å². The number of hydrogen-bond donors (Lipinski definition) is 3. The number of carboxylic acid groups (broad SMARTS) is 1. The van der Waals surface area contributed by atoms with Crippen LogP contribution in [0.5, 0.6) is 0 Å². The Balaban J connectivity index is 2.13. The van der Waals surface area contributed by atoms with Crippen molar-refractivity contribution in [1.82, 2.24) is 9.97 Å². The second-order valence-electron chi connectivity index (χ2n) is 4.27. The van der Waals surface area contributed by atoms with Crippen LogP contribution in [-0.2, 0) is 6.42 Å². The Morgan fingerprint density at radius 3 is 2.55 bits per heavy atom. The van der Waals surface area contributed by atoms with Crippen molar-refractivity contribution >= 4 is 11.8 Å². The van der Waals surface area contributed by atoms with Crippen molar-refractivity contribution in [3.63, 3.8) is 0 Å². The minimum atomic E-state index is -1.16. The average molecular weight is 273 g/mol. The predicted molar refractivity (Wildman–Crippen MR) is 73.6 cm³/mol. The van der Waals surface area contributed by atoms with E-state index in [1.165, 1.54) is 12.4 Å². The maximum atomic E-state index is 11.0. The summed E-state index contributed by atoms with van der Waals surface area (Å²) in [6.07, 6.45) is 3.29. The summed E-state index contributed by atoms with van der Waals surface area (Å²) < 4.78 is 0. The minimum absolute atomic E-state index is 0.134. The monoisotopic (exact) mass is 273 g/mol. The molecular formula is C14H15N3O3. The minimum Gasteiger partial charge on any atom is -0.476 e. The first-order valence-electron chi connectivity index (χ1n) is 6.16. The lowest BCUT2D eigenvalue weighted by Gasteiger charge is -2.17. The first-order valence-corrected chi connectivity index (χ1v) is 6.16. The van der Waals surface area contributed by atoms with E-state index in [0.717, 1.165) is 5.56 Å². The Kier molecular flexibility index (Phi) is 4.62. The quantitative estimate of drug-likeness (QED) is 0.731. The molecule has 0 aliphatic heterocycles. The highest BCUT2D eigenvalue weighted by molar-refractivity contribution is 5.90. The summed E-state index contributed by atoms with van der Waals surface area (Å²) in [5.41, 5.74) is 0.888. The molecule has 2 aromatic rings. The Labute approximate surface area is 116 Å². The van der Waals surface area contributed by atoms with E-state index in [1.54, 1.807) is 0 Å². The lowest BCUT2D eigenvalue weighted by Crippen LogP contribution is -2.28. The number of nitrogens with one attached hydrogen (secondary N) is 1. The van der Waals surface area contributed by atoms with E-state index in [-0.39, 0.29) is 24.2 Å². The van der Waals surface area contributed by atoms with Crippen LogP contribution in [0.1, 0.15) is 16.1 Å². The van der Waals surface area contributed by atoms with Crippen molar-refractivity contribution in [2.75, 3.05) is 11.9 Å². The molecule has 6 heteroatoms. The first-order chi connectivity index (χ1) is 9.70. The molecule has 0 saturated carbocycles. The lowest BCUT2D eigenvalue weighted by atomic mass is 10.1. The Morgan fingerprint density at radius 2 is 1.90 bits per heavy atom. The molecule has 0 spiro atoms. The van der Waals surface area contributed by atoms with Gasteiger partial charge in [0.1, 0.15) is 0 Å². The van der Waals surface area contributed by atoms with E-state index >= 15 is 0 Å². The highest BCUT2D eigenvalue weighted by Crippen LogP contribution is 2.12. The number of benzene rings is 1. The third kappa shape index (κ3) is 3.52. The van der Waals surface area contributed by atoms with E-state index < -0.39 is 5.97 Å². The van der Waals surface area contributed by atoms with Gasteiger partial charge in [0, 0.05) is 12.4 Å². The summed E-state index contributed by atoms with van der Waals surface area (Å²) in [7, 11) is 0. The van der Waals surface area contributed by atoms with Crippen molar-refractivity contribution in [2.24, 2.45) is 0 Å². The Morgan fingerprint density at radius 1 is 1.20 bits per heavy atom. The molecule has 1 atom stereocenters. The number of hydrogen-bond acceptors (Lipinski definition) is 5. The predicted octanol–water partition coefficient (Wildman–Crippen LogP) is 1.19. The average Bonchev–Trinajstić information content (AvgIpc) is 2.48. The molecule has 0 fully saturated rings. The summed E-state index contributed by atoms with van der Waals surface area (Å²) in [6, 6.07) is 9.30. The van der Waals surface area contributed by atoms with Gasteiger partial charge in [-0.2, -0.15) is 0 Å². The van der Waals surface area contributed by atoms with Gasteiger partial charge >= 0.3 is 5.97 Å². The normalized spacial score (nSPS) is 11.8. The molecule has 0 bridgehead atoms. The fourth-order valence-corrected chi connectivity index (χ4v) is 1.85. The number of aliphatic hydroxyl groups excluding tert-OH is 1. The molecule has 0 aliphatic rings. The number of nitrogens with zero attached hydrogens (tertiary/aromatic N) is 2. The lowest BCUT2D eigenvalue weighted by molar-refractivity contribution is 0.0691. The summed E-state index contributed by atoms with van der Waals surface area (Å²) >= 11 is 0. The van der Waals surface area contributed by atoms with E-state index in [4.69, 9.17) is 5.11 Å². The van der Waals surface area contributed by atoms with Gasteiger partial charge < -0.3 is 15.5 Å². The number of aromatic carboxylic acids is 1. The molecule has 20 heavy (non-hydrogen) atoms. The molecule has 6 nitrogen and oxygen atoms in total. The largest absolute Gasteiger partial charge is 0.476 e. The molecule has 0 saturated heterocycles. The van der Waals surface area contributed by atoms with Gasteiger partial charge in [-0.05, 0) is 12.0 Å². The second-order valence-corrected chi connectivity index (χ2v) is 4.27. The molecule has 1 aromatic heterocycles. The first kappa shape index (κ1) is 14.0. The topological polar surface area (TPSA) is 95.3 Å². The molecule has 1 unspecified atom stereocenters. The Bertz CT molecular complexity index is 575. The number of carbonyl (C=O) groups is 1. The van der Waals surface area contributed by atoms with E-state index in [0.29, 0.717) is 6.42 Å². The fourth-order valence-electron chi connectivity index (χ4n) is 1.85. The molecule has 0 radical (unpaired) electrons. The van der Waals surface area contributed by atoms with Crippen molar-refractivity contribution in [1.29, 1.82) is 0 Å². The van der Waals surface area contributed by atoms with Crippen LogP contribution in [0.3, 0.4) is 0 Å². The van der Waals surface area contributed by atoms with Gasteiger partial charge in [-0.1, -0.05) is 30.3 Å². The number of anilines is 1. The van der Waals surface area contributed by atoms with Gasteiger partial charge in [0.25, 0.3) is 0 Å². The van der Waals surface area contributed by atoms with Crippen molar-refractivity contribution in [3.05, 3.63) is 54.0 Å². The van der Waals surface area contributed by atoms with Crippen LogP contribution >= 0.6 is 0 Å². The van der Waals surface area contributed by atoms with Gasteiger partial charge in [0.15, 0.2) is 11.5 Å². The third-order valence-corrected chi connectivity index (χ3v) is 2.79. The van der Waals surface area contributed by atoms with Gasteiger partial charge in [-0.3, -0.25) is 0 Å². The second kappa shape index (κ2) is 6.63. The van der Waals surface area contributed by atoms with Crippen LogP contribution in [-0.4, -0.2) is 38.8 Å². The van der Waals surface area contributed by atoms with Crippen molar-refractivity contribution < 1.29 is 15.0 Å². The van der Waals surface area contributed by atoms with Crippen LogP contribution in [0.15, 0.2) is 42.7 Å². The van der Waals surface area contributed by atoms with Crippen LogP contribution < -0.4 is 5.32 Å². The summed E-state index contributed by atoms with van der Waals surface area (Å²) in [5.74, 6) is -0.994. The van der Waals surface area contributed by atoms with Crippen LogP contribution in [0, 0.1) is 0 Å². The number of carboxylic acids is 1. The van der Waals surface area contributed by atoms with Crippen LogP contribution in [0.2, 0.25) is 0 Å². The fraction of sp³-hybridized carbons (Fsp3) is 0.214. The van der Waals surface area contributed by atoms with Gasteiger partial charge in [0.05, 0.1) is 12.6 Å². The van der Waals surface area contributed by atoms with Crippen LogP contribution in [0.4, 0.5) is 5.82 Å². The van der Waals surface area contributed by atoms with Crippen molar-refractivity contribution in [3.8, 4) is 0 Å². The van der Waals surface area contributed by atoms with Gasteiger partial charge in [-0.15, -0.1) is 0 Å². The molecule has 1 aromatic carbocycles. The smallest absolute Gasteiger partial charge is 0.358 e. The molecular weight excluding hydrogens is 258 g/mol. The molecule has 1 heterocycles. The molecule has 0 aliphatic carbocycles. The molecule has 3 N–H and O–H groups in total. The zero-order chi connectivity index (χ0) is 14.4. The molecule has 2 rings (SSSR count). The summed E-state index contributed by atoms with van der Waals surface area (Å²) in [6.45, 7) is -0.134.